The average Bonchev–Trinajstić information content (AvgIpc) is 3.89. The van der Waals surface area contributed by atoms with Crippen molar-refractivity contribution in [3.05, 3.63) is 204 Å². The van der Waals surface area contributed by atoms with E-state index in [1.54, 1.807) is 0 Å². The van der Waals surface area contributed by atoms with Crippen molar-refractivity contribution in [2.45, 2.75) is 97.8 Å². The highest BCUT2D eigenvalue weighted by Crippen LogP contribution is 2.47. The molecule has 70 heavy (non-hydrogen) atoms. The molecule has 0 aliphatic carbocycles. The van der Waals surface area contributed by atoms with Crippen molar-refractivity contribution in [2.75, 3.05) is 16.5 Å². The minimum atomic E-state index is -0.307. The predicted octanol–water partition coefficient (Wildman–Crippen LogP) is 17.7. The second-order valence-electron chi connectivity index (χ2n) is 23.1. The Morgan fingerprint density at radius 2 is 1.00 bits per heavy atom. The first-order chi connectivity index (χ1) is 33.3. The van der Waals surface area contributed by atoms with Crippen LogP contribution in [0.25, 0.3) is 49.2 Å². The summed E-state index contributed by atoms with van der Waals surface area (Å²) < 4.78 is 9.21. The number of ether oxygens (including phenoxy) is 1. The van der Waals surface area contributed by atoms with Gasteiger partial charge in [0.1, 0.15) is 24.0 Å². The lowest BCUT2D eigenvalue weighted by Crippen LogP contribution is -2.25. The Hall–Kier alpha value is -7.37. The van der Waals surface area contributed by atoms with Gasteiger partial charge >= 0.3 is 0 Å². The molecule has 3 heterocycles. The topological polar surface area (TPSA) is 33.5 Å². The molecule has 1 aliphatic heterocycles. The van der Waals surface area contributed by atoms with E-state index >= 15 is 0 Å². The molecule has 5 heteroatoms. The minimum absolute atomic E-state index is 0.0111. The number of anilines is 4. The van der Waals surface area contributed by atoms with E-state index in [1.807, 2.05) is 6.20 Å². The second-order valence-corrected chi connectivity index (χ2v) is 23.1. The molecule has 10 aromatic rings. The van der Waals surface area contributed by atoms with Gasteiger partial charge in [-0.2, -0.15) is 0 Å². The molecule has 1 aliphatic rings. The van der Waals surface area contributed by atoms with Crippen molar-refractivity contribution in [3.63, 3.8) is 0 Å². The van der Waals surface area contributed by atoms with Crippen molar-refractivity contribution < 1.29 is 4.74 Å². The van der Waals surface area contributed by atoms with E-state index in [9.17, 15) is 0 Å². The summed E-state index contributed by atoms with van der Waals surface area (Å²) in [6.45, 7) is 26.0. The molecule has 0 fully saturated rings. The van der Waals surface area contributed by atoms with E-state index < -0.39 is 0 Å². The first kappa shape index (κ1) is 45.1. The Bertz CT molecular complexity index is 3630. The third-order valence-corrected chi connectivity index (χ3v) is 14.8. The number of fused-ring (bicyclic) bond motifs is 7. The first-order valence-corrected chi connectivity index (χ1v) is 24.9. The summed E-state index contributed by atoms with van der Waals surface area (Å²) in [6.07, 6.45) is 1.97. The van der Waals surface area contributed by atoms with E-state index in [2.05, 4.69) is 260 Å². The smallest absolute Gasteiger partial charge is 0.137 e. The van der Waals surface area contributed by atoms with Crippen molar-refractivity contribution in [2.24, 2.45) is 0 Å². The van der Waals surface area contributed by atoms with E-state index in [4.69, 9.17) is 9.72 Å². The summed E-state index contributed by atoms with van der Waals surface area (Å²) >= 11 is 0. The molecule has 0 saturated carbocycles. The first-order valence-electron chi connectivity index (χ1n) is 24.9. The maximum absolute atomic E-state index is 6.88. The third-order valence-electron chi connectivity index (χ3n) is 14.8. The molecule has 0 N–H and O–H groups in total. The van der Waals surface area contributed by atoms with Gasteiger partial charge in [0, 0.05) is 45.9 Å². The van der Waals surface area contributed by atoms with Gasteiger partial charge in [-0.25, -0.2) is 4.98 Å². The molecule has 8 aromatic carbocycles. The highest BCUT2D eigenvalue weighted by Gasteiger charge is 2.31. The highest BCUT2D eigenvalue weighted by molar-refractivity contribution is 6.10. The van der Waals surface area contributed by atoms with Gasteiger partial charge in [0.2, 0.25) is 0 Å². The number of rotatable bonds is 7. The van der Waals surface area contributed by atoms with Gasteiger partial charge in [-0.15, -0.1) is 0 Å². The lowest BCUT2D eigenvalue weighted by atomic mass is 9.77. The monoisotopic (exact) mass is 917 g/mol. The highest BCUT2D eigenvalue weighted by atomic mass is 16.5. The maximum atomic E-state index is 6.88. The average molecular weight is 917 g/mol. The van der Waals surface area contributed by atoms with Crippen LogP contribution in [0.3, 0.4) is 0 Å². The summed E-state index contributed by atoms with van der Waals surface area (Å²) in [6, 6.07) is 62.4. The zero-order valence-corrected chi connectivity index (χ0v) is 42.6. The van der Waals surface area contributed by atoms with Crippen LogP contribution in [0.1, 0.15) is 104 Å². The number of benzene rings is 8. The van der Waals surface area contributed by atoms with Gasteiger partial charge in [0.05, 0.1) is 22.4 Å². The van der Waals surface area contributed by atoms with Gasteiger partial charge < -0.3 is 14.5 Å². The lowest BCUT2D eigenvalue weighted by molar-refractivity contribution is 0.483. The molecule has 0 atom stereocenters. The Morgan fingerprint density at radius 1 is 0.400 bits per heavy atom. The molecule has 2 aromatic heterocycles. The van der Waals surface area contributed by atoms with Crippen molar-refractivity contribution >= 4 is 66.1 Å². The van der Waals surface area contributed by atoms with Crippen LogP contribution < -0.4 is 14.5 Å². The Balaban J connectivity index is 0.966. The van der Waals surface area contributed by atoms with Crippen LogP contribution in [0, 0.1) is 0 Å². The molecular weight excluding hydrogens is 853 g/mol. The largest absolute Gasteiger partial charge is 0.457 e. The van der Waals surface area contributed by atoms with Gasteiger partial charge in [-0.3, -0.25) is 4.57 Å². The van der Waals surface area contributed by atoms with E-state index in [0.29, 0.717) is 6.67 Å². The molecule has 5 nitrogen and oxygen atoms in total. The molecule has 350 valence electrons. The Labute approximate surface area is 414 Å². The fraction of sp³-hybridized carbons (Fsp3) is 0.246. The number of hydrogen-bond donors (Lipinski definition) is 0. The van der Waals surface area contributed by atoms with Crippen LogP contribution in [0.15, 0.2) is 176 Å². The number of hydrogen-bond acceptors (Lipinski definition) is 4. The molecule has 0 amide bonds. The predicted molar refractivity (Wildman–Crippen MR) is 297 cm³/mol. The number of nitrogens with zero attached hydrogens (tertiary/aromatic N) is 4. The zero-order chi connectivity index (χ0) is 48.9. The van der Waals surface area contributed by atoms with Gasteiger partial charge in [0.15, 0.2) is 0 Å². The molecular formula is C65H64N4O. The van der Waals surface area contributed by atoms with Gasteiger partial charge in [-0.1, -0.05) is 155 Å². The maximum Gasteiger partial charge on any atom is 0.137 e. The lowest BCUT2D eigenvalue weighted by Gasteiger charge is -2.29. The zero-order valence-electron chi connectivity index (χ0n) is 42.6. The molecule has 11 rings (SSSR count). The summed E-state index contributed by atoms with van der Waals surface area (Å²) in [5.74, 6) is 2.42. The van der Waals surface area contributed by atoms with E-state index in [-0.39, 0.29) is 21.7 Å². The summed E-state index contributed by atoms with van der Waals surface area (Å²) in [7, 11) is 0. The van der Waals surface area contributed by atoms with Crippen LogP contribution in [-0.2, 0) is 21.7 Å². The Morgan fingerprint density at radius 3 is 1.71 bits per heavy atom. The van der Waals surface area contributed by atoms with Crippen molar-refractivity contribution in [1.29, 1.82) is 0 Å². The summed E-state index contributed by atoms with van der Waals surface area (Å²) in [4.78, 5) is 9.97. The second kappa shape index (κ2) is 16.4. The normalized spacial score (nSPS) is 13.5. The number of aromatic nitrogens is 2. The molecule has 0 saturated heterocycles. The van der Waals surface area contributed by atoms with E-state index in [0.717, 1.165) is 39.4 Å². The summed E-state index contributed by atoms with van der Waals surface area (Å²) in [5, 5.41) is 7.41. The SMILES string of the molecule is CC(C)(C)c1cc(N2CN(c3cccc(Oc4ccc5c6cc(C(C)(C)C)ccc6n(-c6cc(C(C)(C)c7ccc8ccc9ccccc9c8c7)ccn6)c5c4)c3)c3ccccc32)cc(C(C)(C)C)c1. The van der Waals surface area contributed by atoms with Crippen LogP contribution >= 0.6 is 0 Å². The van der Waals surface area contributed by atoms with Crippen LogP contribution in [0.5, 0.6) is 11.5 Å². The standard InChI is InChI=1S/C65H64N4O/c1-62(2,3)44-27-30-57-56(36-44)54-29-28-52(40-60(54)69(57)61-38-46(31-32-66-61)65(10,11)45-26-25-43-24-23-42-17-12-13-20-53(42)55(43)37-45)70-51-19-16-18-49(39-51)67-41-68(59-22-15-14-21-58(59)67)50-34-47(63(4,5)6)33-48(35-50)64(7,8)9/h12-40H,41H2,1-11H3. The van der Waals surface area contributed by atoms with Crippen molar-refractivity contribution in [3.8, 4) is 17.3 Å². The van der Waals surface area contributed by atoms with Gasteiger partial charge in [-0.05, 0) is 144 Å². The summed E-state index contributed by atoms with van der Waals surface area (Å²) in [5.41, 5.74) is 13.0. The molecule has 0 spiro atoms. The molecule has 0 bridgehead atoms. The quantitative estimate of drug-likeness (QED) is 0.149. The van der Waals surface area contributed by atoms with Crippen molar-refractivity contribution in [1.82, 2.24) is 9.55 Å². The van der Waals surface area contributed by atoms with Crippen LogP contribution in [0.2, 0.25) is 0 Å². The molecule has 0 unspecified atom stereocenters. The van der Waals surface area contributed by atoms with Crippen LogP contribution in [-0.4, -0.2) is 16.2 Å². The fourth-order valence-corrected chi connectivity index (χ4v) is 10.4. The number of pyridine rings is 1. The fourth-order valence-electron chi connectivity index (χ4n) is 10.4. The molecule has 0 radical (unpaired) electrons. The van der Waals surface area contributed by atoms with Crippen LogP contribution in [0.4, 0.5) is 22.7 Å². The van der Waals surface area contributed by atoms with E-state index in [1.165, 1.54) is 71.8 Å². The Kier molecular flexibility index (Phi) is 10.5. The van der Waals surface area contributed by atoms with Gasteiger partial charge in [0.25, 0.3) is 0 Å². The minimum Gasteiger partial charge on any atom is -0.457 e. The number of para-hydroxylation sites is 2. The third kappa shape index (κ3) is 7.95.